The van der Waals surface area contributed by atoms with Gasteiger partial charge in [-0.25, -0.2) is 13.0 Å². The molecule has 0 bridgehead atoms. The molecule has 1 aliphatic rings. The van der Waals surface area contributed by atoms with Crippen LogP contribution in [-0.4, -0.2) is 66.0 Å². The molecule has 1 heterocycles. The van der Waals surface area contributed by atoms with E-state index in [-0.39, 0.29) is 5.90 Å². The lowest BCUT2D eigenvalue weighted by Gasteiger charge is -2.25. The zero-order valence-electron chi connectivity index (χ0n) is 18.4. The number of alkyl halides is 2. The molecule has 2 aromatic carbocycles. The van der Waals surface area contributed by atoms with Gasteiger partial charge in [-0.15, -0.1) is 5.10 Å². The molecule has 7 nitrogen and oxygen atoms in total. The Morgan fingerprint density at radius 3 is 2.58 bits per heavy atom. The smallest absolute Gasteiger partial charge is 0.272 e. The van der Waals surface area contributed by atoms with Gasteiger partial charge in [-0.3, -0.25) is 9.30 Å². The summed E-state index contributed by atoms with van der Waals surface area (Å²) < 4.78 is 45.2. The molecular formula is C23H27F2N5O2S. The van der Waals surface area contributed by atoms with E-state index in [0.717, 1.165) is 30.2 Å². The predicted molar refractivity (Wildman–Crippen MR) is 130 cm³/mol. The average molecular weight is 476 g/mol. The number of amidine groups is 1. The summed E-state index contributed by atoms with van der Waals surface area (Å²) in [7, 11) is -1.26. The van der Waals surface area contributed by atoms with Crippen molar-refractivity contribution < 1.29 is 17.7 Å². The highest BCUT2D eigenvalue weighted by molar-refractivity contribution is 7.86. The van der Waals surface area contributed by atoms with Crippen molar-refractivity contribution >= 4 is 35.1 Å². The third-order valence-corrected chi connectivity index (χ3v) is 6.39. The Morgan fingerprint density at radius 1 is 1.24 bits per heavy atom. The van der Waals surface area contributed by atoms with Crippen molar-refractivity contribution in [1.29, 1.82) is 0 Å². The molecule has 176 valence electrons. The Bertz CT molecular complexity index is 1000. The Morgan fingerprint density at radius 2 is 1.97 bits per heavy atom. The van der Waals surface area contributed by atoms with E-state index in [1.165, 1.54) is 0 Å². The van der Waals surface area contributed by atoms with Crippen LogP contribution in [0.2, 0.25) is 0 Å². The molecule has 0 N–H and O–H groups in total. The minimum absolute atomic E-state index is 0.0250. The lowest BCUT2D eigenvalue weighted by atomic mass is 10.1. The van der Waals surface area contributed by atoms with Crippen LogP contribution in [0.5, 0.6) is 0 Å². The Balaban J connectivity index is 1.73. The molecule has 0 radical (unpaired) electrons. The van der Waals surface area contributed by atoms with Crippen molar-refractivity contribution in [2.24, 2.45) is 15.2 Å². The summed E-state index contributed by atoms with van der Waals surface area (Å²) in [6, 6.07) is 16.6. The summed E-state index contributed by atoms with van der Waals surface area (Å²) in [5.41, 5.74) is 2.25. The molecule has 10 heteroatoms. The molecule has 0 fully saturated rings. The molecule has 0 aliphatic carbocycles. The molecule has 0 spiro atoms. The van der Waals surface area contributed by atoms with Crippen LogP contribution < -0.4 is 4.31 Å². The van der Waals surface area contributed by atoms with E-state index in [1.54, 1.807) is 12.1 Å². The van der Waals surface area contributed by atoms with E-state index in [0.29, 0.717) is 24.4 Å². The van der Waals surface area contributed by atoms with Gasteiger partial charge >= 0.3 is 0 Å². The van der Waals surface area contributed by atoms with Gasteiger partial charge in [0.25, 0.3) is 6.43 Å². The second-order valence-electron chi connectivity index (χ2n) is 7.26. The quantitative estimate of drug-likeness (QED) is 0.283. The van der Waals surface area contributed by atoms with Gasteiger partial charge in [0.05, 0.1) is 24.7 Å². The monoisotopic (exact) mass is 475 g/mol. The minimum Gasteiger partial charge on any atom is -0.470 e. The highest BCUT2D eigenvalue weighted by Gasteiger charge is 2.19. The molecule has 2 aromatic rings. The van der Waals surface area contributed by atoms with Crippen molar-refractivity contribution in [1.82, 2.24) is 4.90 Å². The van der Waals surface area contributed by atoms with E-state index < -0.39 is 24.0 Å². The molecule has 1 aliphatic heterocycles. The summed E-state index contributed by atoms with van der Waals surface area (Å²) >= 11 is 0. The zero-order valence-corrected chi connectivity index (χ0v) is 19.3. The first-order valence-electron chi connectivity index (χ1n) is 10.5. The van der Waals surface area contributed by atoms with Gasteiger partial charge < -0.3 is 9.64 Å². The maximum absolute atomic E-state index is 13.3. The van der Waals surface area contributed by atoms with Crippen LogP contribution in [0.3, 0.4) is 0 Å². The van der Waals surface area contributed by atoms with Gasteiger partial charge in [0, 0.05) is 31.1 Å². The molecule has 1 atom stereocenters. The summed E-state index contributed by atoms with van der Waals surface area (Å²) in [6.45, 7) is 7.16. The van der Waals surface area contributed by atoms with Crippen molar-refractivity contribution in [2.45, 2.75) is 19.9 Å². The molecule has 0 amide bonds. The summed E-state index contributed by atoms with van der Waals surface area (Å²) in [6.07, 6.45) is -2.62. The summed E-state index contributed by atoms with van der Waals surface area (Å²) in [5, 5.41) is 7.09. The summed E-state index contributed by atoms with van der Waals surface area (Å²) in [4.78, 5) is 6.53. The van der Waals surface area contributed by atoms with E-state index in [9.17, 15) is 13.0 Å². The number of nitrogens with zero attached hydrogens (tertiary/aromatic N) is 5. The number of benzene rings is 2. The largest absolute Gasteiger partial charge is 0.470 e. The SMILES string of the molecule is C=N/N=C(\OCC(F)F)c1ccc(CN(c2ccccc2)S(=O)CCN2CCN=C2C)cc1. The van der Waals surface area contributed by atoms with Crippen LogP contribution in [0.1, 0.15) is 18.1 Å². The van der Waals surface area contributed by atoms with Crippen LogP contribution in [-0.2, 0) is 22.3 Å². The van der Waals surface area contributed by atoms with Gasteiger partial charge in [-0.2, -0.15) is 5.10 Å². The van der Waals surface area contributed by atoms with Gasteiger partial charge in [0.1, 0.15) is 11.0 Å². The molecule has 0 aromatic heterocycles. The molecule has 33 heavy (non-hydrogen) atoms. The van der Waals surface area contributed by atoms with E-state index >= 15 is 0 Å². The average Bonchev–Trinajstić information content (AvgIpc) is 3.24. The fourth-order valence-corrected chi connectivity index (χ4v) is 4.58. The van der Waals surface area contributed by atoms with Crippen molar-refractivity contribution in [2.75, 3.05) is 36.3 Å². The number of rotatable bonds is 11. The van der Waals surface area contributed by atoms with Crippen LogP contribution in [0.25, 0.3) is 0 Å². The predicted octanol–water partition coefficient (Wildman–Crippen LogP) is 3.73. The van der Waals surface area contributed by atoms with Crippen molar-refractivity contribution in [3.05, 3.63) is 65.7 Å². The molecule has 0 saturated carbocycles. The third kappa shape index (κ3) is 7.18. The zero-order chi connectivity index (χ0) is 23.6. The van der Waals surface area contributed by atoms with Gasteiger partial charge in [0.15, 0.2) is 6.61 Å². The third-order valence-electron chi connectivity index (χ3n) is 5.03. The number of aliphatic imine (C=N–C) groups is 1. The molecule has 3 rings (SSSR count). The van der Waals surface area contributed by atoms with Crippen LogP contribution in [0.4, 0.5) is 14.5 Å². The second-order valence-corrected chi connectivity index (χ2v) is 8.75. The van der Waals surface area contributed by atoms with Gasteiger partial charge in [-0.05, 0) is 36.8 Å². The lowest BCUT2D eigenvalue weighted by Crippen LogP contribution is -2.34. The lowest BCUT2D eigenvalue weighted by molar-refractivity contribution is 0.0765. The van der Waals surface area contributed by atoms with Crippen LogP contribution >= 0.6 is 0 Å². The Kier molecular flexibility index (Phi) is 9.05. The minimum atomic E-state index is -2.62. The maximum Gasteiger partial charge on any atom is 0.272 e. The highest BCUT2D eigenvalue weighted by Crippen LogP contribution is 2.20. The number of anilines is 1. The maximum atomic E-state index is 13.3. The number of ether oxygens (including phenoxy) is 1. The van der Waals surface area contributed by atoms with E-state index in [1.807, 2.05) is 53.7 Å². The fourth-order valence-electron chi connectivity index (χ4n) is 3.34. The Labute approximate surface area is 195 Å². The van der Waals surface area contributed by atoms with Gasteiger partial charge in [-0.1, -0.05) is 30.3 Å². The van der Waals surface area contributed by atoms with Gasteiger partial charge in [0.2, 0.25) is 5.90 Å². The summed E-state index contributed by atoms with van der Waals surface area (Å²) in [5.74, 6) is 1.43. The number of hydrogen-bond acceptors (Lipinski definition) is 6. The second kappa shape index (κ2) is 12.2. The first-order chi connectivity index (χ1) is 16.0. The number of halogens is 2. The highest BCUT2D eigenvalue weighted by atomic mass is 32.2. The fraction of sp³-hybridized carbons (Fsp3) is 0.348. The normalized spacial score (nSPS) is 14.8. The molecule has 0 saturated heterocycles. The first kappa shape index (κ1) is 24.5. The van der Waals surface area contributed by atoms with Crippen molar-refractivity contribution in [3.8, 4) is 0 Å². The first-order valence-corrected chi connectivity index (χ1v) is 11.8. The Hall–Kier alpha value is -3.14. The number of hydrogen-bond donors (Lipinski definition) is 0. The van der Waals surface area contributed by atoms with E-state index in [4.69, 9.17) is 4.74 Å². The topological polar surface area (TPSA) is 69.9 Å². The van der Waals surface area contributed by atoms with E-state index in [2.05, 4.69) is 26.8 Å². The van der Waals surface area contributed by atoms with Crippen molar-refractivity contribution in [3.63, 3.8) is 0 Å². The standard InChI is InChI=1S/C23H27F2N5O2S/c1-18-27-12-13-29(18)14-15-33(31)30(21-6-4-3-5-7-21)16-19-8-10-20(11-9-19)23(28-26-2)32-17-22(24)25/h3-11,22H,2,12-17H2,1H3/b28-23-. The van der Waals surface area contributed by atoms with Crippen LogP contribution in [0.15, 0.2) is 69.8 Å². The number of para-hydroxylation sites is 1. The van der Waals surface area contributed by atoms with Crippen LogP contribution in [0, 0.1) is 0 Å². The molecular weight excluding hydrogens is 448 g/mol. The molecule has 1 unspecified atom stereocenters.